The summed E-state index contributed by atoms with van der Waals surface area (Å²) in [4.78, 5) is 74.6. The van der Waals surface area contributed by atoms with Crippen LogP contribution in [0, 0.1) is 5.41 Å². The fraction of sp³-hybridized carbons (Fsp3) is 0.424. The first-order valence-corrected chi connectivity index (χ1v) is 14.4. The van der Waals surface area contributed by atoms with Crippen LogP contribution in [-0.2, 0) is 43.0 Å². The normalized spacial score (nSPS) is 10.7. The molecular formula is C33H44N2O12. The second kappa shape index (κ2) is 25.4. The van der Waals surface area contributed by atoms with E-state index < -0.39 is 0 Å². The molecule has 258 valence electrons. The monoisotopic (exact) mass is 660 g/mol. The molecule has 14 heteroatoms. The van der Waals surface area contributed by atoms with Gasteiger partial charge < -0.3 is 42.8 Å². The third-order valence-electron chi connectivity index (χ3n) is 6.23. The minimum absolute atomic E-state index is 0.0437. The number of methoxy groups -OCH3 is 2. The number of carbonyl (C=O) groups is 6. The highest BCUT2D eigenvalue weighted by molar-refractivity contribution is 5.92. The Hall–Kier alpha value is -4.79. The molecular weight excluding hydrogens is 616 g/mol. The van der Waals surface area contributed by atoms with E-state index in [4.69, 9.17) is 23.4 Å². The zero-order valence-electron chi connectivity index (χ0n) is 27.5. The van der Waals surface area contributed by atoms with Crippen molar-refractivity contribution in [2.24, 2.45) is 5.41 Å². The van der Waals surface area contributed by atoms with Crippen molar-refractivity contribution in [3.05, 3.63) is 65.1 Å². The number of hydrogen-bond acceptors (Lipinski definition) is 12. The molecule has 0 aliphatic rings. The van der Waals surface area contributed by atoms with E-state index in [9.17, 15) is 33.6 Å². The van der Waals surface area contributed by atoms with Crippen LogP contribution in [0.15, 0.2) is 63.8 Å². The number of ether oxygens (including phenoxy) is 4. The Morgan fingerprint density at radius 2 is 1.34 bits per heavy atom. The van der Waals surface area contributed by atoms with Crippen LogP contribution >= 0.6 is 0 Å². The maximum absolute atomic E-state index is 11.3. The Kier molecular flexibility index (Phi) is 22.8. The molecule has 2 amide bonds. The van der Waals surface area contributed by atoms with Crippen molar-refractivity contribution in [2.75, 3.05) is 74.4 Å². The molecule has 0 N–H and O–H groups in total. The van der Waals surface area contributed by atoms with Gasteiger partial charge in [-0.25, -0.2) is 4.79 Å². The molecule has 47 heavy (non-hydrogen) atoms. The molecule has 1 heterocycles. The van der Waals surface area contributed by atoms with Crippen LogP contribution in [0.2, 0.25) is 0 Å². The van der Waals surface area contributed by atoms with Crippen LogP contribution in [0.4, 0.5) is 0 Å². The number of carbonyl (C=O) groups excluding carboxylic acids is 6. The van der Waals surface area contributed by atoms with Crippen molar-refractivity contribution in [3.8, 4) is 5.75 Å². The van der Waals surface area contributed by atoms with Gasteiger partial charge in [-0.05, 0) is 36.8 Å². The van der Waals surface area contributed by atoms with E-state index in [0.29, 0.717) is 69.5 Å². The topological polar surface area (TPSA) is 176 Å². The fourth-order valence-electron chi connectivity index (χ4n) is 3.58. The number of rotatable bonds is 19. The number of aldehydes is 4. The highest BCUT2D eigenvalue weighted by Gasteiger charge is 2.28. The minimum Gasteiger partial charge on any atom is -0.491 e. The van der Waals surface area contributed by atoms with E-state index in [1.807, 2.05) is 12.1 Å². The number of benzene rings is 1. The highest BCUT2D eigenvalue weighted by Crippen LogP contribution is 2.23. The van der Waals surface area contributed by atoms with Gasteiger partial charge in [0.15, 0.2) is 0 Å². The standard InChI is InChI=1S/C19H26O6.2C7H9NO3/c1-4-19(12-21-2,13-22-3)14-23-9-10-24-16-7-5-15-6-8-18(20)25-17(15)11-16;2*1-8(4-6-10)7(11)3-2-5-9/h5-8,11H,4,9-10,12-14H2,1-3H3;2*2-3,5-6H,4H2,1H3/b;2*3-2-. The van der Waals surface area contributed by atoms with Gasteiger partial charge in [0.05, 0.1) is 39.5 Å². The molecule has 0 atom stereocenters. The first-order valence-electron chi connectivity index (χ1n) is 14.4. The molecule has 0 bridgehead atoms. The Bertz CT molecular complexity index is 1320. The van der Waals surface area contributed by atoms with Gasteiger partial charge in [0.1, 0.15) is 43.1 Å². The second-order valence-electron chi connectivity index (χ2n) is 9.84. The predicted molar refractivity (Wildman–Crippen MR) is 173 cm³/mol. The Labute approximate surface area is 273 Å². The maximum atomic E-state index is 11.3. The summed E-state index contributed by atoms with van der Waals surface area (Å²) in [5.41, 5.74) is -0.00755. The number of fused-ring (bicyclic) bond motifs is 1. The Morgan fingerprint density at radius 3 is 1.81 bits per heavy atom. The van der Waals surface area contributed by atoms with Crippen molar-refractivity contribution in [1.82, 2.24) is 9.80 Å². The molecule has 0 spiro atoms. The summed E-state index contributed by atoms with van der Waals surface area (Å²) in [6, 6.07) is 8.53. The van der Waals surface area contributed by atoms with Gasteiger partial charge in [-0.2, -0.15) is 0 Å². The molecule has 0 saturated carbocycles. The van der Waals surface area contributed by atoms with Crippen LogP contribution in [0.5, 0.6) is 5.75 Å². The molecule has 0 fully saturated rings. The first-order chi connectivity index (χ1) is 22.6. The van der Waals surface area contributed by atoms with Gasteiger partial charge in [0.2, 0.25) is 11.8 Å². The maximum Gasteiger partial charge on any atom is 0.336 e. The number of amides is 2. The minimum atomic E-state index is -0.375. The predicted octanol–water partition coefficient (Wildman–Crippen LogP) is 1.68. The molecule has 1 aromatic heterocycles. The first kappa shape index (κ1) is 42.2. The lowest BCUT2D eigenvalue weighted by molar-refractivity contribution is -0.127. The Balaban J connectivity index is 0.000000799. The van der Waals surface area contributed by atoms with Crippen LogP contribution in [0.25, 0.3) is 11.0 Å². The van der Waals surface area contributed by atoms with Crippen LogP contribution in [0.3, 0.4) is 0 Å². The third kappa shape index (κ3) is 18.1. The molecule has 0 aliphatic heterocycles. The molecule has 0 aliphatic carbocycles. The molecule has 0 saturated heterocycles. The molecule has 2 aromatic rings. The third-order valence-corrected chi connectivity index (χ3v) is 6.23. The van der Waals surface area contributed by atoms with Crippen molar-refractivity contribution < 1.29 is 52.1 Å². The average Bonchev–Trinajstić information content (AvgIpc) is 3.06. The van der Waals surface area contributed by atoms with Crippen molar-refractivity contribution in [3.63, 3.8) is 0 Å². The molecule has 2 rings (SSSR count). The van der Waals surface area contributed by atoms with E-state index in [2.05, 4.69) is 6.92 Å². The number of nitrogens with zero attached hydrogens (tertiary/aromatic N) is 2. The lowest BCUT2D eigenvalue weighted by Crippen LogP contribution is -2.36. The second-order valence-corrected chi connectivity index (χ2v) is 9.84. The van der Waals surface area contributed by atoms with Gasteiger partial charge in [-0.15, -0.1) is 0 Å². The molecule has 0 radical (unpaired) electrons. The molecule has 1 aromatic carbocycles. The number of hydrogen-bond donors (Lipinski definition) is 0. The summed E-state index contributed by atoms with van der Waals surface area (Å²) in [6.07, 6.45) is 7.54. The van der Waals surface area contributed by atoms with Gasteiger partial charge >= 0.3 is 5.63 Å². The average molecular weight is 661 g/mol. The Morgan fingerprint density at radius 1 is 0.809 bits per heavy atom. The summed E-state index contributed by atoms with van der Waals surface area (Å²) in [5, 5.41) is 0.857. The van der Waals surface area contributed by atoms with Crippen molar-refractivity contribution in [2.45, 2.75) is 13.3 Å². The molecule has 0 unspecified atom stereocenters. The summed E-state index contributed by atoms with van der Waals surface area (Å²) in [7, 11) is 6.32. The smallest absolute Gasteiger partial charge is 0.336 e. The van der Waals surface area contributed by atoms with Crippen LogP contribution < -0.4 is 10.4 Å². The van der Waals surface area contributed by atoms with E-state index in [1.165, 1.54) is 30.0 Å². The number of likely N-dealkylation sites (N-methyl/N-ethyl adjacent to an activating group) is 2. The van der Waals surface area contributed by atoms with Gasteiger partial charge in [-0.1, -0.05) is 6.92 Å². The lowest BCUT2D eigenvalue weighted by atomic mass is 9.88. The zero-order valence-corrected chi connectivity index (χ0v) is 27.5. The van der Waals surface area contributed by atoms with E-state index >= 15 is 0 Å². The van der Waals surface area contributed by atoms with Crippen LogP contribution in [0.1, 0.15) is 13.3 Å². The van der Waals surface area contributed by atoms with Gasteiger partial charge in [0.25, 0.3) is 0 Å². The highest BCUT2D eigenvalue weighted by atomic mass is 16.5. The van der Waals surface area contributed by atoms with E-state index in [-0.39, 0.29) is 35.9 Å². The van der Waals surface area contributed by atoms with Gasteiger partial charge in [-0.3, -0.25) is 19.2 Å². The van der Waals surface area contributed by atoms with E-state index in [1.54, 1.807) is 26.4 Å². The summed E-state index contributed by atoms with van der Waals surface area (Å²) < 4.78 is 27.2. The number of allylic oxidation sites excluding steroid dienone is 2. The van der Waals surface area contributed by atoms with Crippen molar-refractivity contribution in [1.29, 1.82) is 0 Å². The van der Waals surface area contributed by atoms with Crippen molar-refractivity contribution >= 4 is 47.9 Å². The SMILES string of the molecule is CCC(COC)(COC)COCCOc1ccc2ccc(=O)oc2c1.CN(CC=O)C(=O)/C=C\C=O.CN(CC=O)C(=O)/C=C\C=O. The summed E-state index contributed by atoms with van der Waals surface area (Å²) in [5.74, 6) is -0.0746. The summed E-state index contributed by atoms with van der Waals surface area (Å²) in [6.45, 7) is 4.75. The fourth-order valence-corrected chi connectivity index (χ4v) is 3.58. The zero-order chi connectivity index (χ0) is 35.5. The quantitative estimate of drug-likeness (QED) is 0.0924. The summed E-state index contributed by atoms with van der Waals surface area (Å²) >= 11 is 0. The lowest BCUT2D eigenvalue weighted by Gasteiger charge is -2.30. The van der Waals surface area contributed by atoms with Crippen LogP contribution in [-0.4, -0.2) is 121 Å². The van der Waals surface area contributed by atoms with E-state index in [0.717, 1.165) is 36.1 Å². The van der Waals surface area contributed by atoms with Gasteiger partial charge in [0, 0.05) is 63.4 Å². The largest absolute Gasteiger partial charge is 0.491 e. The molecule has 14 nitrogen and oxygen atoms in total.